The number of ether oxygens (including phenoxy) is 1. The van der Waals surface area contributed by atoms with Crippen molar-refractivity contribution >= 4 is 0 Å². The molecule has 0 heterocycles. The normalized spacial score (nSPS) is 10.5. The fourth-order valence-electron chi connectivity index (χ4n) is 1.74. The largest absolute Gasteiger partial charge is 0.486 e. The maximum Gasteiger partial charge on any atom is 0.165 e. The minimum atomic E-state index is -0.461. The lowest BCUT2D eigenvalue weighted by Crippen LogP contribution is -2.02. The number of hydrogen-bond acceptors (Lipinski definition) is 2. The third kappa shape index (κ3) is 3.29. The minimum absolute atomic E-state index is 0.127. The van der Waals surface area contributed by atoms with E-state index in [9.17, 15) is 8.78 Å². The lowest BCUT2D eigenvalue weighted by Gasteiger charge is -2.10. The van der Waals surface area contributed by atoms with Gasteiger partial charge in [-0.25, -0.2) is 8.78 Å². The van der Waals surface area contributed by atoms with Crippen LogP contribution in [-0.2, 0) is 13.2 Å². The average Bonchev–Trinajstić information content (AvgIpc) is 2.40. The van der Waals surface area contributed by atoms with Gasteiger partial charge in [-0.2, -0.15) is 0 Å². The van der Waals surface area contributed by atoms with Crippen molar-refractivity contribution in [1.29, 1.82) is 0 Å². The van der Waals surface area contributed by atoms with Gasteiger partial charge in [0.25, 0.3) is 0 Å². The Morgan fingerprint density at radius 1 is 1.11 bits per heavy atom. The Balaban J connectivity index is 2.12. The first-order valence-electron chi connectivity index (χ1n) is 5.96. The SMILES string of the molecule is Cc1ccc(F)cc1COc1ccc(CN)cc1F. The number of rotatable bonds is 4. The van der Waals surface area contributed by atoms with Gasteiger partial charge in [-0.1, -0.05) is 12.1 Å². The molecule has 2 aromatic rings. The molecule has 2 nitrogen and oxygen atoms in total. The van der Waals surface area contributed by atoms with Crippen LogP contribution >= 0.6 is 0 Å². The number of nitrogens with two attached hydrogens (primary N) is 1. The van der Waals surface area contributed by atoms with Crippen LogP contribution in [0.4, 0.5) is 8.78 Å². The van der Waals surface area contributed by atoms with Gasteiger partial charge in [-0.05, 0) is 47.9 Å². The van der Waals surface area contributed by atoms with Crippen molar-refractivity contribution in [2.75, 3.05) is 0 Å². The maximum absolute atomic E-state index is 13.7. The summed E-state index contributed by atoms with van der Waals surface area (Å²) in [5, 5.41) is 0. The lowest BCUT2D eigenvalue weighted by atomic mass is 10.1. The maximum atomic E-state index is 13.7. The summed E-state index contributed by atoms with van der Waals surface area (Å²) in [5.74, 6) is -0.652. The highest BCUT2D eigenvalue weighted by atomic mass is 19.1. The summed E-state index contributed by atoms with van der Waals surface area (Å²) >= 11 is 0. The van der Waals surface area contributed by atoms with Crippen LogP contribution in [0.5, 0.6) is 5.75 Å². The smallest absolute Gasteiger partial charge is 0.165 e. The van der Waals surface area contributed by atoms with E-state index in [0.717, 1.165) is 5.56 Å². The molecule has 2 N–H and O–H groups in total. The van der Waals surface area contributed by atoms with E-state index in [1.807, 2.05) is 6.92 Å². The van der Waals surface area contributed by atoms with E-state index in [4.69, 9.17) is 10.5 Å². The Kier molecular flexibility index (Phi) is 4.12. The molecule has 0 aromatic heterocycles. The van der Waals surface area contributed by atoms with Gasteiger partial charge >= 0.3 is 0 Å². The number of halogens is 2. The van der Waals surface area contributed by atoms with Gasteiger partial charge in [0.2, 0.25) is 0 Å². The van der Waals surface area contributed by atoms with Gasteiger partial charge in [0.15, 0.2) is 11.6 Å². The van der Waals surface area contributed by atoms with Gasteiger partial charge in [-0.15, -0.1) is 0 Å². The first kappa shape index (κ1) is 13.5. The van der Waals surface area contributed by atoms with Gasteiger partial charge in [0.05, 0.1) is 0 Å². The summed E-state index contributed by atoms with van der Waals surface area (Å²) in [4.78, 5) is 0. The van der Waals surface area contributed by atoms with Crippen LogP contribution in [0.1, 0.15) is 16.7 Å². The van der Waals surface area contributed by atoms with Gasteiger partial charge < -0.3 is 10.5 Å². The van der Waals surface area contributed by atoms with E-state index in [1.165, 1.54) is 24.3 Å². The fourth-order valence-corrected chi connectivity index (χ4v) is 1.74. The van der Waals surface area contributed by atoms with E-state index in [-0.39, 0.29) is 24.7 Å². The topological polar surface area (TPSA) is 35.2 Å². The second-order valence-electron chi connectivity index (χ2n) is 4.33. The zero-order valence-electron chi connectivity index (χ0n) is 10.6. The van der Waals surface area contributed by atoms with Crippen LogP contribution in [0.3, 0.4) is 0 Å². The van der Waals surface area contributed by atoms with E-state index in [0.29, 0.717) is 11.1 Å². The molecule has 0 saturated heterocycles. The molecule has 0 bridgehead atoms. The van der Waals surface area contributed by atoms with Gasteiger partial charge in [-0.3, -0.25) is 0 Å². The Morgan fingerprint density at radius 2 is 1.89 bits per heavy atom. The molecule has 0 fully saturated rings. The molecule has 0 aliphatic carbocycles. The van der Waals surface area contributed by atoms with Gasteiger partial charge in [0, 0.05) is 6.54 Å². The Morgan fingerprint density at radius 3 is 2.58 bits per heavy atom. The van der Waals surface area contributed by atoms with Crippen LogP contribution in [0.15, 0.2) is 36.4 Å². The van der Waals surface area contributed by atoms with Crippen molar-refractivity contribution in [3.8, 4) is 5.75 Å². The fraction of sp³-hybridized carbons (Fsp3) is 0.200. The van der Waals surface area contributed by atoms with E-state index >= 15 is 0 Å². The first-order valence-corrected chi connectivity index (χ1v) is 5.96. The van der Waals surface area contributed by atoms with Crippen molar-refractivity contribution in [3.05, 3.63) is 64.7 Å². The molecule has 4 heteroatoms. The summed E-state index contributed by atoms with van der Waals surface area (Å²) < 4.78 is 32.1. The molecular formula is C15H15F2NO. The first-order chi connectivity index (χ1) is 9.10. The second-order valence-corrected chi connectivity index (χ2v) is 4.33. The summed E-state index contributed by atoms with van der Waals surface area (Å²) in [6.45, 7) is 2.26. The van der Waals surface area contributed by atoms with Crippen LogP contribution < -0.4 is 10.5 Å². The highest BCUT2D eigenvalue weighted by Gasteiger charge is 2.06. The molecule has 19 heavy (non-hydrogen) atoms. The molecule has 0 atom stereocenters. The van der Waals surface area contributed by atoms with Crippen LogP contribution in [0.2, 0.25) is 0 Å². The third-order valence-electron chi connectivity index (χ3n) is 2.93. The third-order valence-corrected chi connectivity index (χ3v) is 2.93. The standard InChI is InChI=1S/C15H15F2NO/c1-10-2-4-13(16)7-12(10)9-19-15-5-3-11(8-18)6-14(15)17/h2-7H,8-9,18H2,1H3. The van der Waals surface area contributed by atoms with Crippen molar-refractivity contribution in [3.63, 3.8) is 0 Å². The summed E-state index contributed by atoms with van der Waals surface area (Å²) in [6.07, 6.45) is 0. The summed E-state index contributed by atoms with van der Waals surface area (Å²) in [7, 11) is 0. The molecule has 0 radical (unpaired) electrons. The van der Waals surface area contributed by atoms with Crippen molar-refractivity contribution in [2.24, 2.45) is 5.73 Å². The number of benzene rings is 2. The van der Waals surface area contributed by atoms with E-state index in [2.05, 4.69) is 0 Å². The van der Waals surface area contributed by atoms with Crippen molar-refractivity contribution in [2.45, 2.75) is 20.1 Å². The van der Waals surface area contributed by atoms with E-state index < -0.39 is 5.82 Å². The van der Waals surface area contributed by atoms with Crippen LogP contribution in [0.25, 0.3) is 0 Å². The van der Waals surface area contributed by atoms with E-state index in [1.54, 1.807) is 12.1 Å². The molecule has 2 aromatic carbocycles. The average molecular weight is 263 g/mol. The molecule has 0 saturated carbocycles. The van der Waals surface area contributed by atoms with Crippen LogP contribution in [-0.4, -0.2) is 0 Å². The van der Waals surface area contributed by atoms with Gasteiger partial charge in [0.1, 0.15) is 12.4 Å². The predicted octanol–water partition coefficient (Wildman–Crippen LogP) is 3.31. The molecule has 0 aliphatic rings. The number of hydrogen-bond donors (Lipinski definition) is 1. The molecule has 0 unspecified atom stereocenters. The van der Waals surface area contributed by atoms with Crippen molar-refractivity contribution < 1.29 is 13.5 Å². The molecule has 0 spiro atoms. The zero-order chi connectivity index (χ0) is 13.8. The zero-order valence-corrected chi connectivity index (χ0v) is 10.6. The molecule has 0 aliphatic heterocycles. The lowest BCUT2D eigenvalue weighted by molar-refractivity contribution is 0.289. The predicted molar refractivity (Wildman–Crippen MR) is 69.8 cm³/mol. The quantitative estimate of drug-likeness (QED) is 0.918. The van der Waals surface area contributed by atoms with Crippen LogP contribution in [0, 0.1) is 18.6 Å². The Hall–Kier alpha value is -1.94. The van der Waals surface area contributed by atoms with Crippen molar-refractivity contribution in [1.82, 2.24) is 0 Å². The monoisotopic (exact) mass is 263 g/mol. The Labute approximate surface area is 110 Å². The molecule has 100 valence electrons. The highest BCUT2D eigenvalue weighted by molar-refractivity contribution is 5.31. The Bertz CT molecular complexity index is 584. The molecular weight excluding hydrogens is 248 g/mol. The summed E-state index contributed by atoms with van der Waals surface area (Å²) in [6, 6.07) is 9.02. The highest BCUT2D eigenvalue weighted by Crippen LogP contribution is 2.20. The molecule has 2 rings (SSSR count). The minimum Gasteiger partial charge on any atom is -0.486 e. The molecule has 0 amide bonds. The summed E-state index contributed by atoms with van der Waals surface area (Å²) in [5.41, 5.74) is 7.72. The number of aryl methyl sites for hydroxylation is 1. The second kappa shape index (κ2) is 5.80.